The molecule has 0 aromatic carbocycles. The molecule has 4 aliphatic carbocycles. The molecule has 1 N–H and O–H groups in total. The van der Waals surface area contributed by atoms with Crippen LogP contribution in [-0.4, -0.2) is 11.2 Å². The van der Waals surface area contributed by atoms with E-state index in [1.165, 1.54) is 51.4 Å². The number of allylic oxidation sites excluding steroid dienone is 4. The third kappa shape index (κ3) is 3.79. The van der Waals surface area contributed by atoms with Crippen LogP contribution >= 0.6 is 0 Å². The van der Waals surface area contributed by atoms with Crippen molar-refractivity contribution in [3.8, 4) is 0 Å². The molecule has 1 heteroatoms. The Bertz CT molecular complexity index is 716. The van der Waals surface area contributed by atoms with Gasteiger partial charge in [-0.1, -0.05) is 64.8 Å². The van der Waals surface area contributed by atoms with Crippen LogP contribution in [0.25, 0.3) is 0 Å². The van der Waals surface area contributed by atoms with Gasteiger partial charge in [0, 0.05) is 0 Å². The van der Waals surface area contributed by atoms with Crippen molar-refractivity contribution < 1.29 is 5.11 Å². The van der Waals surface area contributed by atoms with Crippen LogP contribution in [0.1, 0.15) is 106 Å². The lowest BCUT2D eigenvalue weighted by atomic mass is 9.46. The maximum atomic E-state index is 10.5. The minimum atomic E-state index is -0.0773. The number of rotatable bonds is 5. The van der Waals surface area contributed by atoms with Gasteiger partial charge in [0.05, 0.1) is 6.10 Å². The highest BCUT2D eigenvalue weighted by molar-refractivity contribution is 5.28. The highest BCUT2D eigenvalue weighted by Gasteiger charge is 2.59. The summed E-state index contributed by atoms with van der Waals surface area (Å²) in [6.45, 7) is 17.1. The van der Waals surface area contributed by atoms with Crippen molar-refractivity contribution in [1.82, 2.24) is 0 Å². The molecule has 4 rings (SSSR count). The van der Waals surface area contributed by atoms with Gasteiger partial charge in [-0.2, -0.15) is 0 Å². The molecule has 1 nitrogen and oxygen atoms in total. The van der Waals surface area contributed by atoms with E-state index in [0.717, 1.165) is 30.1 Å². The molecule has 0 bridgehead atoms. The lowest BCUT2D eigenvalue weighted by molar-refractivity contribution is -0.0773. The minimum Gasteiger partial charge on any atom is -0.393 e. The van der Waals surface area contributed by atoms with Crippen LogP contribution in [0, 0.1) is 52.3 Å². The SMILES string of the molecule is C/C=C(/CC[C@@H](C)[C@@H]1CC[C@@H]2C3=CC[C@H]4[C@@H](C)[C@H](O)CC[C@]4(C)[C@H]3CC[C@@]21C)C(C)C. The van der Waals surface area contributed by atoms with Gasteiger partial charge in [0.1, 0.15) is 0 Å². The van der Waals surface area contributed by atoms with E-state index in [-0.39, 0.29) is 6.10 Å². The van der Waals surface area contributed by atoms with Crippen molar-refractivity contribution in [2.24, 2.45) is 52.3 Å². The van der Waals surface area contributed by atoms with Crippen molar-refractivity contribution >= 4 is 0 Å². The Balaban J connectivity index is 1.51. The molecule has 0 radical (unpaired) electrons. The van der Waals surface area contributed by atoms with Crippen LogP contribution in [0.15, 0.2) is 23.3 Å². The van der Waals surface area contributed by atoms with E-state index < -0.39 is 0 Å². The lowest BCUT2D eigenvalue weighted by Gasteiger charge is -2.59. The van der Waals surface area contributed by atoms with Crippen molar-refractivity contribution in [2.75, 3.05) is 0 Å². The van der Waals surface area contributed by atoms with Gasteiger partial charge in [-0.3, -0.25) is 0 Å². The summed E-state index contributed by atoms with van der Waals surface area (Å²) in [6, 6.07) is 0. The highest BCUT2D eigenvalue weighted by atomic mass is 16.3. The average molecular weight is 427 g/mol. The molecule has 3 saturated carbocycles. The fraction of sp³-hybridized carbons (Fsp3) is 0.867. The third-order valence-electron chi connectivity index (χ3n) is 11.3. The quantitative estimate of drug-likeness (QED) is 0.439. The zero-order valence-electron chi connectivity index (χ0n) is 21.6. The Morgan fingerprint density at radius 1 is 1.06 bits per heavy atom. The van der Waals surface area contributed by atoms with E-state index in [2.05, 4.69) is 60.6 Å². The average Bonchev–Trinajstić information content (AvgIpc) is 3.08. The first-order valence-electron chi connectivity index (χ1n) is 13.7. The predicted molar refractivity (Wildman–Crippen MR) is 133 cm³/mol. The Labute approximate surface area is 193 Å². The molecule has 0 aliphatic heterocycles. The molecule has 0 saturated heterocycles. The fourth-order valence-electron chi connectivity index (χ4n) is 9.28. The van der Waals surface area contributed by atoms with E-state index in [4.69, 9.17) is 0 Å². The molecule has 0 aromatic heterocycles. The fourth-order valence-corrected chi connectivity index (χ4v) is 9.28. The van der Waals surface area contributed by atoms with Gasteiger partial charge in [-0.15, -0.1) is 0 Å². The molecule has 3 fully saturated rings. The summed E-state index contributed by atoms with van der Waals surface area (Å²) in [7, 11) is 0. The minimum absolute atomic E-state index is 0.0773. The normalized spacial score (nSPS) is 46.2. The molecule has 0 aromatic rings. The Morgan fingerprint density at radius 3 is 2.42 bits per heavy atom. The van der Waals surface area contributed by atoms with Gasteiger partial charge in [-0.25, -0.2) is 0 Å². The van der Waals surface area contributed by atoms with Crippen LogP contribution in [0.3, 0.4) is 0 Å². The largest absolute Gasteiger partial charge is 0.393 e. The molecule has 176 valence electrons. The van der Waals surface area contributed by atoms with Crippen molar-refractivity contribution in [3.05, 3.63) is 23.3 Å². The molecule has 9 atom stereocenters. The lowest BCUT2D eigenvalue weighted by Crippen LogP contribution is -2.52. The number of fused-ring (bicyclic) bond motifs is 5. The van der Waals surface area contributed by atoms with E-state index in [9.17, 15) is 5.11 Å². The molecular weight excluding hydrogens is 376 g/mol. The number of hydrogen-bond acceptors (Lipinski definition) is 1. The second-order valence-corrected chi connectivity index (χ2v) is 12.9. The van der Waals surface area contributed by atoms with Crippen LogP contribution in [0.2, 0.25) is 0 Å². The zero-order valence-corrected chi connectivity index (χ0v) is 21.6. The summed E-state index contributed by atoms with van der Waals surface area (Å²) in [4.78, 5) is 0. The summed E-state index contributed by atoms with van der Waals surface area (Å²) in [5.41, 5.74) is 4.45. The van der Waals surface area contributed by atoms with E-state index in [1.807, 2.05) is 5.57 Å². The second kappa shape index (κ2) is 8.66. The standard InChI is InChI=1S/C30H50O/c1-8-22(19(2)3)10-9-20(4)24-13-14-26-23-11-12-25-21(5)28(31)16-18-30(25,7)27(23)15-17-29(24,26)6/h8,11,19-21,24-28,31H,9-10,12-18H2,1-7H3/b22-8-/t20-,21-,24+,25+,26-,27+,28-,29-,30+/m1/s1. The van der Waals surface area contributed by atoms with Crippen LogP contribution in [-0.2, 0) is 0 Å². The molecule has 0 amide bonds. The molecular formula is C30H50O. The maximum absolute atomic E-state index is 10.5. The van der Waals surface area contributed by atoms with Gasteiger partial charge >= 0.3 is 0 Å². The van der Waals surface area contributed by atoms with Crippen molar-refractivity contribution in [2.45, 2.75) is 112 Å². The molecule has 0 spiro atoms. The van der Waals surface area contributed by atoms with E-state index in [0.29, 0.717) is 28.6 Å². The Hall–Kier alpha value is -0.560. The monoisotopic (exact) mass is 426 g/mol. The summed E-state index contributed by atoms with van der Waals surface area (Å²) in [5.74, 6) is 5.16. The summed E-state index contributed by atoms with van der Waals surface area (Å²) < 4.78 is 0. The van der Waals surface area contributed by atoms with Gasteiger partial charge in [-0.05, 0) is 117 Å². The third-order valence-corrected chi connectivity index (χ3v) is 11.3. The first-order valence-corrected chi connectivity index (χ1v) is 13.7. The highest BCUT2D eigenvalue weighted by Crippen LogP contribution is 2.67. The van der Waals surface area contributed by atoms with Crippen LogP contribution in [0.4, 0.5) is 0 Å². The molecule has 0 heterocycles. The molecule has 0 unspecified atom stereocenters. The van der Waals surface area contributed by atoms with Crippen LogP contribution in [0.5, 0.6) is 0 Å². The Morgan fingerprint density at radius 2 is 1.74 bits per heavy atom. The summed E-state index contributed by atoms with van der Waals surface area (Å²) in [6.07, 6.45) is 16.8. The van der Waals surface area contributed by atoms with Gasteiger partial charge < -0.3 is 5.11 Å². The predicted octanol–water partition coefficient (Wildman–Crippen LogP) is 8.19. The zero-order chi connectivity index (χ0) is 22.6. The molecule has 4 aliphatic rings. The van der Waals surface area contributed by atoms with E-state index in [1.54, 1.807) is 5.57 Å². The smallest absolute Gasteiger partial charge is 0.0568 e. The van der Waals surface area contributed by atoms with Gasteiger partial charge in [0.2, 0.25) is 0 Å². The van der Waals surface area contributed by atoms with Crippen molar-refractivity contribution in [1.29, 1.82) is 0 Å². The molecule has 31 heavy (non-hydrogen) atoms. The number of aliphatic hydroxyl groups excluding tert-OH is 1. The van der Waals surface area contributed by atoms with E-state index >= 15 is 0 Å². The first-order chi connectivity index (χ1) is 14.6. The Kier molecular flexibility index (Phi) is 6.59. The van der Waals surface area contributed by atoms with Gasteiger partial charge in [0.25, 0.3) is 0 Å². The number of aliphatic hydroxyl groups is 1. The topological polar surface area (TPSA) is 20.2 Å². The van der Waals surface area contributed by atoms with Gasteiger partial charge in [0.15, 0.2) is 0 Å². The van der Waals surface area contributed by atoms with Crippen molar-refractivity contribution in [3.63, 3.8) is 0 Å². The first kappa shape index (κ1) is 23.6. The number of hydrogen-bond donors (Lipinski definition) is 1. The summed E-state index contributed by atoms with van der Waals surface area (Å²) in [5, 5.41) is 10.5. The van der Waals surface area contributed by atoms with Crippen LogP contribution < -0.4 is 0 Å². The second-order valence-electron chi connectivity index (χ2n) is 12.9. The maximum Gasteiger partial charge on any atom is 0.0568 e. The summed E-state index contributed by atoms with van der Waals surface area (Å²) >= 11 is 0.